The van der Waals surface area contributed by atoms with Gasteiger partial charge in [-0.25, -0.2) is 0 Å². The molecule has 0 radical (unpaired) electrons. The molecule has 0 amide bonds. The molecule has 0 fully saturated rings. The van der Waals surface area contributed by atoms with Crippen LogP contribution >= 0.6 is 0 Å². The van der Waals surface area contributed by atoms with E-state index in [0.29, 0.717) is 12.8 Å². The fraction of sp³-hybridized carbons (Fsp3) is 0.462. The van der Waals surface area contributed by atoms with E-state index < -0.39 is 5.97 Å². The molecule has 16 heavy (non-hydrogen) atoms. The molecule has 1 heterocycles. The summed E-state index contributed by atoms with van der Waals surface area (Å²) in [5.41, 5.74) is 2.30. The Hall–Kier alpha value is -1.51. The highest BCUT2D eigenvalue weighted by molar-refractivity contribution is 5.70. The monoisotopic (exact) mass is 220 g/mol. The van der Waals surface area contributed by atoms with Crippen LogP contribution in [0.5, 0.6) is 5.75 Å². The predicted molar refractivity (Wildman–Crippen MR) is 60.8 cm³/mol. The molecule has 1 aliphatic rings. The van der Waals surface area contributed by atoms with Crippen LogP contribution in [-0.2, 0) is 17.6 Å². The summed E-state index contributed by atoms with van der Waals surface area (Å²) in [4.78, 5) is 10.9. The smallest absolute Gasteiger partial charge is 0.306 e. The highest BCUT2D eigenvalue weighted by atomic mass is 16.5. The van der Waals surface area contributed by atoms with Crippen LogP contribution in [0.4, 0.5) is 0 Å². The molecule has 3 nitrogen and oxygen atoms in total. The van der Waals surface area contributed by atoms with Crippen LogP contribution in [0.3, 0.4) is 0 Å². The molecule has 0 spiro atoms. The molecule has 0 aliphatic carbocycles. The van der Waals surface area contributed by atoms with Gasteiger partial charge in [0.15, 0.2) is 0 Å². The van der Waals surface area contributed by atoms with Gasteiger partial charge < -0.3 is 9.84 Å². The summed E-state index contributed by atoms with van der Waals surface area (Å²) in [6.45, 7) is 2.66. The first-order valence-corrected chi connectivity index (χ1v) is 5.68. The summed E-state index contributed by atoms with van der Waals surface area (Å²) < 4.78 is 5.42. The third-order valence-electron chi connectivity index (χ3n) is 3.08. The lowest BCUT2D eigenvalue weighted by Crippen LogP contribution is -2.15. The van der Waals surface area contributed by atoms with Crippen molar-refractivity contribution in [2.45, 2.75) is 26.2 Å². The van der Waals surface area contributed by atoms with Crippen molar-refractivity contribution in [2.24, 2.45) is 5.92 Å². The molecular weight excluding hydrogens is 204 g/mol. The summed E-state index contributed by atoms with van der Waals surface area (Å²) in [6.07, 6.45) is 2.22. The van der Waals surface area contributed by atoms with Gasteiger partial charge in [-0.1, -0.05) is 19.1 Å². The third kappa shape index (κ3) is 2.18. The average molecular weight is 220 g/mol. The van der Waals surface area contributed by atoms with Gasteiger partial charge in [0.05, 0.1) is 12.5 Å². The van der Waals surface area contributed by atoms with E-state index in [9.17, 15) is 4.79 Å². The molecule has 1 atom stereocenters. The molecule has 3 heteroatoms. The Bertz CT molecular complexity index is 398. The molecule has 1 aromatic carbocycles. The molecule has 0 saturated heterocycles. The number of carbonyl (C=O) groups is 1. The highest BCUT2D eigenvalue weighted by Crippen LogP contribution is 2.27. The van der Waals surface area contributed by atoms with E-state index >= 15 is 0 Å². The molecule has 2 rings (SSSR count). The second-order valence-corrected chi connectivity index (χ2v) is 4.19. The van der Waals surface area contributed by atoms with E-state index in [-0.39, 0.29) is 5.92 Å². The Kier molecular flexibility index (Phi) is 3.13. The van der Waals surface area contributed by atoms with Gasteiger partial charge in [-0.3, -0.25) is 4.79 Å². The summed E-state index contributed by atoms with van der Waals surface area (Å²) >= 11 is 0. The molecule has 0 bridgehead atoms. The maximum absolute atomic E-state index is 10.9. The van der Waals surface area contributed by atoms with Crippen molar-refractivity contribution in [1.82, 2.24) is 0 Å². The fourth-order valence-corrected chi connectivity index (χ4v) is 2.06. The minimum absolute atomic E-state index is 0.277. The van der Waals surface area contributed by atoms with Crippen LogP contribution < -0.4 is 4.74 Å². The van der Waals surface area contributed by atoms with E-state index in [1.54, 1.807) is 0 Å². The van der Waals surface area contributed by atoms with Crippen LogP contribution in [0.1, 0.15) is 24.5 Å². The Morgan fingerprint density at radius 1 is 1.56 bits per heavy atom. The maximum atomic E-state index is 10.9. The average Bonchev–Trinajstić information content (AvgIpc) is 2.72. The number of carboxylic acids is 1. The summed E-state index contributed by atoms with van der Waals surface area (Å²) in [7, 11) is 0. The van der Waals surface area contributed by atoms with Gasteiger partial charge in [0.2, 0.25) is 0 Å². The summed E-state index contributed by atoms with van der Waals surface area (Å²) in [5.74, 6) is -0.0354. The zero-order valence-corrected chi connectivity index (χ0v) is 9.40. The molecule has 86 valence electrons. The van der Waals surface area contributed by atoms with Crippen LogP contribution in [0.15, 0.2) is 18.2 Å². The predicted octanol–water partition coefficient (Wildman–Crippen LogP) is 2.27. The first-order valence-electron chi connectivity index (χ1n) is 5.68. The molecular formula is C13H16O3. The van der Waals surface area contributed by atoms with Gasteiger partial charge in [-0.05, 0) is 30.0 Å². The van der Waals surface area contributed by atoms with Gasteiger partial charge in [0, 0.05) is 6.42 Å². The van der Waals surface area contributed by atoms with Gasteiger partial charge in [-0.2, -0.15) is 0 Å². The van der Waals surface area contributed by atoms with Crippen molar-refractivity contribution < 1.29 is 14.6 Å². The molecule has 1 aromatic rings. The van der Waals surface area contributed by atoms with Gasteiger partial charge in [0.25, 0.3) is 0 Å². The first-order chi connectivity index (χ1) is 7.70. The largest absolute Gasteiger partial charge is 0.493 e. The van der Waals surface area contributed by atoms with Crippen molar-refractivity contribution in [2.75, 3.05) is 6.61 Å². The fourth-order valence-electron chi connectivity index (χ4n) is 2.06. The SMILES string of the molecule is CCC(Cc1ccc2c(c1)CCO2)C(=O)O. The van der Waals surface area contributed by atoms with E-state index in [1.165, 1.54) is 5.56 Å². The molecule has 0 aromatic heterocycles. The second kappa shape index (κ2) is 4.56. The highest BCUT2D eigenvalue weighted by Gasteiger charge is 2.17. The first kappa shape index (κ1) is 11.0. The number of fused-ring (bicyclic) bond motifs is 1. The van der Waals surface area contributed by atoms with Gasteiger partial charge in [-0.15, -0.1) is 0 Å². The van der Waals surface area contributed by atoms with Crippen molar-refractivity contribution >= 4 is 5.97 Å². The Morgan fingerprint density at radius 3 is 3.06 bits per heavy atom. The number of carboxylic acid groups (broad SMARTS) is 1. The van der Waals surface area contributed by atoms with Crippen molar-refractivity contribution in [3.8, 4) is 5.75 Å². The Morgan fingerprint density at radius 2 is 2.38 bits per heavy atom. The zero-order chi connectivity index (χ0) is 11.5. The number of aliphatic carboxylic acids is 1. The minimum Gasteiger partial charge on any atom is -0.493 e. The van der Waals surface area contributed by atoms with Crippen LogP contribution in [0.25, 0.3) is 0 Å². The lowest BCUT2D eigenvalue weighted by molar-refractivity contribution is -0.141. The summed E-state index contributed by atoms with van der Waals surface area (Å²) in [6, 6.07) is 6.00. The Labute approximate surface area is 95.0 Å². The number of ether oxygens (including phenoxy) is 1. The lowest BCUT2D eigenvalue weighted by Gasteiger charge is -2.10. The summed E-state index contributed by atoms with van der Waals surface area (Å²) in [5, 5.41) is 9.00. The van der Waals surface area contributed by atoms with E-state index in [4.69, 9.17) is 9.84 Å². The Balaban J connectivity index is 2.13. The minimum atomic E-state index is -0.709. The maximum Gasteiger partial charge on any atom is 0.306 e. The normalized spacial score (nSPS) is 15.3. The zero-order valence-electron chi connectivity index (χ0n) is 9.40. The van der Waals surface area contributed by atoms with Crippen LogP contribution in [-0.4, -0.2) is 17.7 Å². The standard InChI is InChI=1S/C13H16O3/c1-2-10(13(14)15)7-9-3-4-12-11(8-9)5-6-16-12/h3-4,8,10H,2,5-7H2,1H3,(H,14,15). The molecule has 1 N–H and O–H groups in total. The lowest BCUT2D eigenvalue weighted by atomic mass is 9.95. The number of hydrogen-bond donors (Lipinski definition) is 1. The molecule has 1 aliphatic heterocycles. The van der Waals surface area contributed by atoms with Crippen molar-refractivity contribution in [3.63, 3.8) is 0 Å². The quantitative estimate of drug-likeness (QED) is 0.846. The van der Waals surface area contributed by atoms with Gasteiger partial charge in [0.1, 0.15) is 5.75 Å². The van der Waals surface area contributed by atoms with Gasteiger partial charge >= 0.3 is 5.97 Å². The topological polar surface area (TPSA) is 46.5 Å². The van der Waals surface area contributed by atoms with Crippen molar-refractivity contribution in [3.05, 3.63) is 29.3 Å². The van der Waals surface area contributed by atoms with E-state index in [2.05, 4.69) is 6.07 Å². The van der Waals surface area contributed by atoms with E-state index in [1.807, 2.05) is 19.1 Å². The second-order valence-electron chi connectivity index (χ2n) is 4.19. The molecule has 1 unspecified atom stereocenters. The number of hydrogen-bond acceptors (Lipinski definition) is 2. The van der Waals surface area contributed by atoms with Crippen molar-refractivity contribution in [1.29, 1.82) is 0 Å². The van der Waals surface area contributed by atoms with Crippen LogP contribution in [0.2, 0.25) is 0 Å². The number of rotatable bonds is 4. The molecule has 0 saturated carbocycles. The number of benzene rings is 1. The van der Waals surface area contributed by atoms with E-state index in [0.717, 1.165) is 24.3 Å². The van der Waals surface area contributed by atoms with Crippen LogP contribution in [0, 0.1) is 5.92 Å². The third-order valence-corrected chi connectivity index (χ3v) is 3.08.